The van der Waals surface area contributed by atoms with Crippen molar-refractivity contribution in [3.63, 3.8) is 0 Å². The third-order valence-corrected chi connectivity index (χ3v) is 6.89. The quantitative estimate of drug-likeness (QED) is 0.255. The number of likely N-dealkylation sites (tertiary alicyclic amines) is 1. The van der Waals surface area contributed by atoms with E-state index in [-0.39, 0.29) is 30.0 Å². The standard InChI is InChI=1S/C29H31FN2O4.C2H2O4/c1-36-27-8-3-2-7-26(27)32(29(35)24-6-4-5-21(19-24)20-33)18-17-31-15-13-23(14-16-31)28(34)22-9-11-25(30)12-10-22;3-1(4)2(5)6/h2-12,19,23,33H,13-18,20H2,1H3;(H,3,4)(H,5,6). The zero-order valence-electron chi connectivity index (χ0n) is 23.1. The maximum atomic E-state index is 13.6. The molecule has 0 atom stereocenters. The highest BCUT2D eigenvalue weighted by Gasteiger charge is 2.27. The lowest BCUT2D eigenvalue weighted by molar-refractivity contribution is -0.159. The zero-order valence-corrected chi connectivity index (χ0v) is 23.1. The highest BCUT2D eigenvalue weighted by Crippen LogP contribution is 2.29. The summed E-state index contributed by atoms with van der Waals surface area (Å²) in [7, 11) is 1.58. The van der Waals surface area contributed by atoms with E-state index in [0.717, 1.165) is 25.9 Å². The third-order valence-electron chi connectivity index (χ3n) is 6.89. The number of hydrogen-bond acceptors (Lipinski definition) is 7. The second-order valence-corrected chi connectivity index (χ2v) is 9.58. The Labute approximate surface area is 242 Å². The average Bonchev–Trinajstić information content (AvgIpc) is 3.02. The number of hydrogen-bond donors (Lipinski definition) is 3. The van der Waals surface area contributed by atoms with E-state index in [1.807, 2.05) is 24.3 Å². The Kier molecular flexibility index (Phi) is 11.7. The molecule has 3 N–H and O–H groups in total. The van der Waals surface area contributed by atoms with Crippen molar-refractivity contribution >= 4 is 29.3 Å². The number of Topliss-reactive ketones (excluding diaryl/α,β-unsaturated/α-hetero) is 1. The summed E-state index contributed by atoms with van der Waals surface area (Å²) in [6, 6.07) is 20.2. The van der Waals surface area contributed by atoms with Crippen molar-refractivity contribution in [2.75, 3.05) is 38.2 Å². The highest BCUT2D eigenvalue weighted by molar-refractivity contribution is 6.27. The number of halogens is 1. The van der Waals surface area contributed by atoms with Crippen LogP contribution < -0.4 is 9.64 Å². The van der Waals surface area contributed by atoms with E-state index >= 15 is 0 Å². The largest absolute Gasteiger partial charge is 0.495 e. The van der Waals surface area contributed by atoms with Gasteiger partial charge in [-0.15, -0.1) is 0 Å². The molecule has 222 valence electrons. The van der Waals surface area contributed by atoms with Crippen LogP contribution in [-0.2, 0) is 16.2 Å². The number of aliphatic hydroxyl groups is 1. The van der Waals surface area contributed by atoms with Gasteiger partial charge in [0, 0.05) is 30.1 Å². The van der Waals surface area contributed by atoms with Gasteiger partial charge in [-0.3, -0.25) is 9.59 Å². The van der Waals surface area contributed by atoms with Crippen molar-refractivity contribution in [2.24, 2.45) is 5.92 Å². The van der Waals surface area contributed by atoms with Crippen LogP contribution >= 0.6 is 0 Å². The van der Waals surface area contributed by atoms with E-state index in [4.69, 9.17) is 24.5 Å². The molecule has 0 aromatic heterocycles. The molecule has 0 aliphatic carbocycles. The minimum absolute atomic E-state index is 0.0595. The molecule has 0 saturated carbocycles. The minimum Gasteiger partial charge on any atom is -0.495 e. The fraction of sp³-hybridized carbons (Fsp3) is 0.290. The minimum atomic E-state index is -1.82. The molecule has 1 aliphatic rings. The molecule has 1 fully saturated rings. The van der Waals surface area contributed by atoms with Gasteiger partial charge in [0.2, 0.25) is 0 Å². The first-order valence-electron chi connectivity index (χ1n) is 13.3. The number of nitrogens with zero attached hydrogens (tertiary/aromatic N) is 2. The van der Waals surface area contributed by atoms with Crippen LogP contribution in [0.5, 0.6) is 5.75 Å². The van der Waals surface area contributed by atoms with E-state index in [2.05, 4.69) is 4.90 Å². The Morgan fingerprint density at radius 2 is 1.55 bits per heavy atom. The number of carboxylic acids is 2. The number of piperidine rings is 1. The van der Waals surface area contributed by atoms with Crippen molar-refractivity contribution in [2.45, 2.75) is 19.4 Å². The fourth-order valence-corrected chi connectivity index (χ4v) is 4.65. The van der Waals surface area contributed by atoms with Crippen LogP contribution in [0.25, 0.3) is 0 Å². The molecule has 10 nitrogen and oxygen atoms in total. The van der Waals surface area contributed by atoms with Crippen molar-refractivity contribution in [1.29, 1.82) is 0 Å². The number of ketones is 1. The fourth-order valence-electron chi connectivity index (χ4n) is 4.65. The molecular formula is C31H33FN2O8. The number of anilines is 1. The number of amides is 1. The van der Waals surface area contributed by atoms with E-state index in [1.165, 1.54) is 12.1 Å². The van der Waals surface area contributed by atoms with Crippen LogP contribution in [0.15, 0.2) is 72.8 Å². The number of benzene rings is 3. The molecule has 11 heteroatoms. The maximum absolute atomic E-state index is 13.6. The Hall–Kier alpha value is -4.61. The second-order valence-electron chi connectivity index (χ2n) is 9.58. The number of carbonyl (C=O) groups excluding carboxylic acids is 2. The lowest BCUT2D eigenvalue weighted by Crippen LogP contribution is -2.43. The summed E-state index contributed by atoms with van der Waals surface area (Å²) >= 11 is 0. The third kappa shape index (κ3) is 8.69. The first kappa shape index (κ1) is 31.9. The summed E-state index contributed by atoms with van der Waals surface area (Å²) in [5.74, 6) is -3.59. The van der Waals surface area contributed by atoms with Crippen LogP contribution in [-0.4, -0.2) is 77.1 Å². The highest BCUT2D eigenvalue weighted by atomic mass is 19.1. The summed E-state index contributed by atoms with van der Waals surface area (Å²) in [6.45, 7) is 2.43. The van der Waals surface area contributed by atoms with Gasteiger partial charge in [-0.25, -0.2) is 14.0 Å². The van der Waals surface area contributed by atoms with Gasteiger partial charge in [0.25, 0.3) is 5.91 Å². The van der Waals surface area contributed by atoms with E-state index < -0.39 is 11.9 Å². The molecule has 1 aliphatic heterocycles. The Balaban J connectivity index is 0.000000730. The molecule has 42 heavy (non-hydrogen) atoms. The van der Waals surface area contributed by atoms with Gasteiger partial charge in [-0.2, -0.15) is 0 Å². The Bertz CT molecular complexity index is 1380. The normalized spacial score (nSPS) is 13.4. The van der Waals surface area contributed by atoms with Crippen LogP contribution in [0.1, 0.15) is 39.1 Å². The Morgan fingerprint density at radius 1 is 0.905 bits per heavy atom. The molecule has 3 aromatic carbocycles. The van der Waals surface area contributed by atoms with Crippen LogP contribution in [0.4, 0.5) is 10.1 Å². The van der Waals surface area contributed by atoms with Crippen LogP contribution in [0.3, 0.4) is 0 Å². The Morgan fingerprint density at radius 3 is 2.14 bits per heavy atom. The molecular weight excluding hydrogens is 547 g/mol. The second kappa shape index (κ2) is 15.4. The summed E-state index contributed by atoms with van der Waals surface area (Å²) in [4.78, 5) is 48.6. The number of aliphatic hydroxyl groups excluding tert-OH is 1. The van der Waals surface area contributed by atoms with Gasteiger partial charge in [0.05, 0.1) is 19.4 Å². The van der Waals surface area contributed by atoms with Gasteiger partial charge in [-0.05, 0) is 80.0 Å². The number of ether oxygens (including phenoxy) is 1. The predicted octanol–water partition coefficient (Wildman–Crippen LogP) is 3.72. The molecule has 3 aromatic rings. The van der Waals surface area contributed by atoms with E-state index in [0.29, 0.717) is 41.2 Å². The lowest BCUT2D eigenvalue weighted by Gasteiger charge is -2.33. The van der Waals surface area contributed by atoms with E-state index in [1.54, 1.807) is 48.4 Å². The van der Waals surface area contributed by atoms with Crippen molar-refractivity contribution in [3.05, 3.63) is 95.3 Å². The molecule has 4 rings (SSSR count). The van der Waals surface area contributed by atoms with Crippen molar-refractivity contribution < 1.29 is 43.6 Å². The number of aliphatic carboxylic acids is 2. The predicted molar refractivity (Wildman–Crippen MR) is 152 cm³/mol. The average molecular weight is 581 g/mol. The van der Waals surface area contributed by atoms with E-state index in [9.17, 15) is 19.1 Å². The molecule has 1 saturated heterocycles. The number of carboxylic acid groups (broad SMARTS) is 2. The number of rotatable bonds is 9. The first-order chi connectivity index (χ1) is 20.1. The van der Waals surface area contributed by atoms with Crippen LogP contribution in [0, 0.1) is 11.7 Å². The molecule has 0 radical (unpaired) electrons. The zero-order chi connectivity index (χ0) is 30.6. The van der Waals surface area contributed by atoms with Gasteiger partial charge < -0.3 is 29.9 Å². The lowest BCUT2D eigenvalue weighted by atomic mass is 9.89. The monoisotopic (exact) mass is 580 g/mol. The topological polar surface area (TPSA) is 145 Å². The van der Waals surface area contributed by atoms with Crippen LogP contribution in [0.2, 0.25) is 0 Å². The number of para-hydroxylation sites is 2. The maximum Gasteiger partial charge on any atom is 0.414 e. The van der Waals surface area contributed by atoms with Gasteiger partial charge in [0.1, 0.15) is 11.6 Å². The smallest absolute Gasteiger partial charge is 0.414 e. The number of carbonyl (C=O) groups is 4. The summed E-state index contributed by atoms with van der Waals surface area (Å²) in [5.41, 5.74) is 2.40. The van der Waals surface area contributed by atoms with Gasteiger partial charge in [0.15, 0.2) is 5.78 Å². The summed E-state index contributed by atoms with van der Waals surface area (Å²) in [5, 5.41) is 24.3. The van der Waals surface area contributed by atoms with Crippen molar-refractivity contribution in [1.82, 2.24) is 4.90 Å². The molecule has 1 amide bonds. The van der Waals surface area contributed by atoms with Crippen molar-refractivity contribution in [3.8, 4) is 5.75 Å². The SMILES string of the molecule is COc1ccccc1N(CCN1CCC(C(=O)c2ccc(F)cc2)CC1)C(=O)c1cccc(CO)c1.O=C(O)C(=O)O. The molecule has 1 heterocycles. The molecule has 0 spiro atoms. The summed E-state index contributed by atoms with van der Waals surface area (Å²) in [6.07, 6.45) is 1.44. The first-order valence-corrected chi connectivity index (χ1v) is 13.3. The molecule has 0 unspecified atom stereocenters. The van der Waals surface area contributed by atoms with Gasteiger partial charge >= 0.3 is 11.9 Å². The van der Waals surface area contributed by atoms with Gasteiger partial charge in [-0.1, -0.05) is 24.3 Å². The molecule has 0 bridgehead atoms. The summed E-state index contributed by atoms with van der Waals surface area (Å²) < 4.78 is 18.7. The number of methoxy groups -OCH3 is 1.